The molecule has 0 radical (unpaired) electrons. The van der Waals surface area contributed by atoms with E-state index in [-0.39, 0.29) is 48.7 Å². The van der Waals surface area contributed by atoms with Gasteiger partial charge >= 0.3 is 6.03 Å². The lowest BCUT2D eigenvalue weighted by Gasteiger charge is -2.36. The Balaban J connectivity index is 1.96. The second kappa shape index (κ2) is 13.2. The summed E-state index contributed by atoms with van der Waals surface area (Å²) >= 11 is 0. The van der Waals surface area contributed by atoms with Crippen LogP contribution in [-0.4, -0.2) is 80.2 Å². The van der Waals surface area contributed by atoms with E-state index in [1.807, 2.05) is 20.8 Å². The molecule has 0 aromatic heterocycles. The van der Waals surface area contributed by atoms with Gasteiger partial charge in [0.1, 0.15) is 18.2 Å². The second-order valence-electron chi connectivity index (χ2n) is 9.63. The number of likely N-dealkylation sites (N-methyl/N-ethyl adjacent to an activating group) is 1. The molecule has 0 bridgehead atoms. The molecule has 0 spiro atoms. The number of nitrogens with one attached hydrogen (secondary N) is 2. The Morgan fingerprint density at radius 1 is 1.16 bits per heavy atom. The van der Waals surface area contributed by atoms with Crippen molar-refractivity contribution in [1.29, 1.82) is 0 Å². The van der Waals surface area contributed by atoms with E-state index < -0.39 is 23.9 Å². The highest BCUT2D eigenvalue weighted by Gasteiger charge is 2.31. The minimum absolute atomic E-state index is 0.0163. The highest BCUT2D eigenvalue weighted by Crippen LogP contribution is 2.27. The predicted octanol–water partition coefficient (Wildman–Crippen LogP) is 4.00. The van der Waals surface area contributed by atoms with Gasteiger partial charge in [-0.1, -0.05) is 26.0 Å². The fourth-order valence-corrected chi connectivity index (χ4v) is 4.34. The average molecular weight is 529 g/mol. The summed E-state index contributed by atoms with van der Waals surface area (Å²) in [4.78, 5) is 42.2. The first-order valence-corrected chi connectivity index (χ1v) is 12.8. The van der Waals surface area contributed by atoms with E-state index in [1.54, 1.807) is 49.4 Å². The van der Waals surface area contributed by atoms with Crippen LogP contribution in [0.2, 0.25) is 0 Å². The number of methoxy groups -OCH3 is 1. The fraction of sp³-hybridized carbons (Fsp3) is 0.464. The van der Waals surface area contributed by atoms with Crippen LogP contribution in [0.15, 0.2) is 42.5 Å². The number of ether oxygens (including phenoxy) is 2. The summed E-state index contributed by atoms with van der Waals surface area (Å²) in [5, 5.41) is 5.48. The van der Waals surface area contributed by atoms with E-state index in [2.05, 4.69) is 10.6 Å². The van der Waals surface area contributed by atoms with Crippen LogP contribution in [0.25, 0.3) is 0 Å². The number of anilines is 1. The first kappa shape index (κ1) is 28.9. The normalized spacial score (nSPS) is 20.5. The Bertz CT molecular complexity index is 1140. The molecule has 0 unspecified atom stereocenters. The number of carbonyl (C=O) groups excluding carboxylic acids is 3. The molecule has 10 heteroatoms. The number of carbonyl (C=O) groups is 3. The third-order valence-corrected chi connectivity index (χ3v) is 6.60. The van der Waals surface area contributed by atoms with Crippen molar-refractivity contribution in [2.45, 2.75) is 39.3 Å². The number of nitrogens with zero attached hydrogens (tertiary/aromatic N) is 2. The Labute approximate surface area is 223 Å². The standard InChI is InChI=1S/C28H37FN4O5/c1-6-13-30-28(36)31-20-11-12-24-22(14-20)26(34)32(4)16-25(37-5)18(2)15-33(19(3)17-38-24)27(35)21-9-7-8-10-23(21)29/h7-12,14,18-19,25H,6,13,15-17H2,1-5H3,(H2,30,31,36)/t18-,19+,25+/m1/s1. The maximum atomic E-state index is 14.5. The molecule has 0 saturated heterocycles. The molecule has 1 heterocycles. The zero-order chi connectivity index (χ0) is 27.8. The molecule has 0 saturated carbocycles. The summed E-state index contributed by atoms with van der Waals surface area (Å²) in [6.07, 6.45) is 0.402. The smallest absolute Gasteiger partial charge is 0.319 e. The van der Waals surface area contributed by atoms with Crippen molar-refractivity contribution in [1.82, 2.24) is 15.1 Å². The number of amides is 4. The summed E-state index contributed by atoms with van der Waals surface area (Å²) in [7, 11) is 3.22. The first-order valence-electron chi connectivity index (χ1n) is 12.8. The van der Waals surface area contributed by atoms with Crippen LogP contribution in [0.4, 0.5) is 14.9 Å². The summed E-state index contributed by atoms with van der Waals surface area (Å²) in [6.45, 7) is 6.82. The molecule has 1 aliphatic heterocycles. The van der Waals surface area contributed by atoms with Gasteiger partial charge in [-0.25, -0.2) is 9.18 Å². The van der Waals surface area contributed by atoms with Crippen LogP contribution in [0.1, 0.15) is 47.9 Å². The molecule has 2 aromatic rings. The number of urea groups is 1. The third-order valence-electron chi connectivity index (χ3n) is 6.60. The molecule has 9 nitrogen and oxygen atoms in total. The van der Waals surface area contributed by atoms with Crippen molar-refractivity contribution in [2.75, 3.05) is 45.7 Å². The minimum atomic E-state index is -0.591. The van der Waals surface area contributed by atoms with E-state index in [0.717, 1.165) is 6.42 Å². The molecule has 0 aliphatic carbocycles. The molecule has 1 aliphatic rings. The van der Waals surface area contributed by atoms with Crippen molar-refractivity contribution in [2.24, 2.45) is 5.92 Å². The Hall–Kier alpha value is -3.66. The van der Waals surface area contributed by atoms with Gasteiger partial charge in [0.25, 0.3) is 11.8 Å². The summed E-state index contributed by atoms with van der Waals surface area (Å²) in [6, 6.07) is 9.92. The van der Waals surface area contributed by atoms with Crippen molar-refractivity contribution < 1.29 is 28.2 Å². The van der Waals surface area contributed by atoms with E-state index in [1.165, 1.54) is 17.0 Å². The zero-order valence-corrected chi connectivity index (χ0v) is 22.6. The summed E-state index contributed by atoms with van der Waals surface area (Å²) < 4.78 is 26.3. The first-order chi connectivity index (χ1) is 18.2. The van der Waals surface area contributed by atoms with Gasteiger partial charge in [0, 0.05) is 45.4 Å². The molecule has 3 rings (SSSR count). The second-order valence-corrected chi connectivity index (χ2v) is 9.63. The van der Waals surface area contributed by atoms with E-state index in [4.69, 9.17) is 9.47 Å². The largest absolute Gasteiger partial charge is 0.491 e. The van der Waals surface area contributed by atoms with Gasteiger partial charge in [-0.2, -0.15) is 0 Å². The van der Waals surface area contributed by atoms with E-state index in [9.17, 15) is 18.8 Å². The maximum Gasteiger partial charge on any atom is 0.319 e. The van der Waals surface area contributed by atoms with Crippen molar-refractivity contribution in [3.05, 3.63) is 59.4 Å². The van der Waals surface area contributed by atoms with Crippen LogP contribution in [0.3, 0.4) is 0 Å². The van der Waals surface area contributed by atoms with Crippen molar-refractivity contribution in [3.63, 3.8) is 0 Å². The van der Waals surface area contributed by atoms with E-state index in [0.29, 0.717) is 18.0 Å². The molecule has 4 amide bonds. The predicted molar refractivity (Wildman–Crippen MR) is 143 cm³/mol. The Kier molecular flexibility index (Phi) is 10.1. The number of benzene rings is 2. The molecular formula is C28H37FN4O5. The number of halogens is 1. The number of rotatable bonds is 5. The lowest BCUT2D eigenvalue weighted by molar-refractivity contribution is 0.0110. The topological polar surface area (TPSA) is 100 Å². The molecule has 2 N–H and O–H groups in total. The highest BCUT2D eigenvalue weighted by atomic mass is 19.1. The monoisotopic (exact) mass is 528 g/mol. The van der Waals surface area contributed by atoms with Gasteiger partial charge in [-0.15, -0.1) is 0 Å². The average Bonchev–Trinajstić information content (AvgIpc) is 2.91. The highest BCUT2D eigenvalue weighted by molar-refractivity contribution is 5.99. The number of fused-ring (bicyclic) bond motifs is 1. The molecular weight excluding hydrogens is 491 g/mol. The number of hydrogen-bond donors (Lipinski definition) is 2. The van der Waals surface area contributed by atoms with Crippen LogP contribution in [-0.2, 0) is 4.74 Å². The van der Waals surface area contributed by atoms with Crippen LogP contribution in [0.5, 0.6) is 5.75 Å². The van der Waals surface area contributed by atoms with Crippen LogP contribution >= 0.6 is 0 Å². The van der Waals surface area contributed by atoms with Gasteiger partial charge in [-0.05, 0) is 43.7 Å². The van der Waals surface area contributed by atoms with Gasteiger partial charge in [0.05, 0.1) is 23.3 Å². The molecule has 38 heavy (non-hydrogen) atoms. The molecule has 3 atom stereocenters. The SMILES string of the molecule is CCCNC(=O)Nc1ccc2c(c1)C(=O)N(C)C[C@H](OC)[C@H](C)CN(C(=O)c1ccccc1F)[C@@H](C)CO2. The minimum Gasteiger partial charge on any atom is -0.491 e. The molecule has 206 valence electrons. The lowest BCUT2D eigenvalue weighted by Crippen LogP contribution is -2.48. The third kappa shape index (κ3) is 7.00. The summed E-state index contributed by atoms with van der Waals surface area (Å²) in [5.74, 6) is -1.19. The van der Waals surface area contributed by atoms with Gasteiger partial charge < -0.3 is 29.9 Å². The number of hydrogen-bond acceptors (Lipinski definition) is 5. The van der Waals surface area contributed by atoms with Crippen molar-refractivity contribution in [3.8, 4) is 5.75 Å². The fourth-order valence-electron chi connectivity index (χ4n) is 4.34. The van der Waals surface area contributed by atoms with Crippen LogP contribution < -0.4 is 15.4 Å². The Morgan fingerprint density at radius 2 is 1.89 bits per heavy atom. The lowest BCUT2D eigenvalue weighted by atomic mass is 10.0. The molecule has 2 aromatic carbocycles. The maximum absolute atomic E-state index is 14.5. The van der Waals surface area contributed by atoms with Gasteiger partial charge in [0.2, 0.25) is 0 Å². The van der Waals surface area contributed by atoms with Crippen molar-refractivity contribution >= 4 is 23.5 Å². The van der Waals surface area contributed by atoms with E-state index >= 15 is 0 Å². The quantitative estimate of drug-likeness (QED) is 0.611. The molecule has 0 fully saturated rings. The Morgan fingerprint density at radius 3 is 2.58 bits per heavy atom. The van der Waals surface area contributed by atoms with Gasteiger partial charge in [0.15, 0.2) is 0 Å². The van der Waals surface area contributed by atoms with Crippen LogP contribution in [0, 0.1) is 11.7 Å². The summed E-state index contributed by atoms with van der Waals surface area (Å²) in [5.41, 5.74) is 0.691. The van der Waals surface area contributed by atoms with Gasteiger partial charge in [-0.3, -0.25) is 9.59 Å². The zero-order valence-electron chi connectivity index (χ0n) is 22.6.